The van der Waals surface area contributed by atoms with Crippen molar-refractivity contribution in [2.45, 2.75) is 40.2 Å². The number of benzene rings is 1. The molecule has 0 spiro atoms. The molecule has 1 saturated heterocycles. The van der Waals surface area contributed by atoms with Gasteiger partial charge in [0.2, 0.25) is 0 Å². The Bertz CT molecular complexity index is 451. The Balaban J connectivity index is 2.28. The highest BCUT2D eigenvalue weighted by atomic mass is 16.5. The van der Waals surface area contributed by atoms with E-state index in [0.717, 1.165) is 25.4 Å². The summed E-state index contributed by atoms with van der Waals surface area (Å²) in [6.07, 6.45) is 1.17. The summed E-state index contributed by atoms with van der Waals surface area (Å²) >= 11 is 0. The fourth-order valence-electron chi connectivity index (χ4n) is 2.77. The van der Waals surface area contributed by atoms with E-state index in [1.807, 2.05) is 0 Å². The Labute approximate surface area is 123 Å². The second kappa shape index (κ2) is 6.04. The quantitative estimate of drug-likeness (QED) is 0.897. The van der Waals surface area contributed by atoms with E-state index >= 15 is 0 Å². The summed E-state index contributed by atoms with van der Waals surface area (Å²) in [5.41, 5.74) is 2.77. The van der Waals surface area contributed by atoms with Gasteiger partial charge in [-0.25, -0.2) is 0 Å². The van der Waals surface area contributed by atoms with Gasteiger partial charge in [-0.15, -0.1) is 0 Å². The van der Waals surface area contributed by atoms with Crippen LogP contribution in [0.3, 0.4) is 0 Å². The molecule has 1 aromatic rings. The number of hydrogen-bond acceptors (Lipinski definition) is 3. The number of ether oxygens (including phenoxy) is 1. The molecule has 0 bridgehead atoms. The van der Waals surface area contributed by atoms with Crippen molar-refractivity contribution in [2.75, 3.05) is 31.6 Å². The van der Waals surface area contributed by atoms with Gasteiger partial charge in [0.1, 0.15) is 5.75 Å². The van der Waals surface area contributed by atoms with Crippen LogP contribution in [0.5, 0.6) is 5.75 Å². The normalized spacial score (nSPS) is 20.6. The Kier molecular flexibility index (Phi) is 4.59. The van der Waals surface area contributed by atoms with Gasteiger partial charge in [-0.2, -0.15) is 0 Å². The molecule has 1 aliphatic heterocycles. The topological polar surface area (TPSA) is 24.5 Å². The molecular weight excluding hydrogens is 248 g/mol. The van der Waals surface area contributed by atoms with Crippen molar-refractivity contribution in [1.29, 1.82) is 0 Å². The maximum atomic E-state index is 5.55. The summed E-state index contributed by atoms with van der Waals surface area (Å²) in [6.45, 7) is 12.3. The highest BCUT2D eigenvalue weighted by Crippen LogP contribution is 2.32. The molecule has 0 aliphatic carbocycles. The molecule has 1 unspecified atom stereocenters. The Morgan fingerprint density at radius 1 is 1.30 bits per heavy atom. The number of nitrogens with zero attached hydrogens (tertiary/aromatic N) is 1. The molecule has 20 heavy (non-hydrogen) atoms. The highest BCUT2D eigenvalue weighted by Gasteiger charge is 2.29. The summed E-state index contributed by atoms with van der Waals surface area (Å²) in [7, 11) is 1.76. The van der Waals surface area contributed by atoms with Gasteiger partial charge in [-0.05, 0) is 43.0 Å². The van der Waals surface area contributed by atoms with E-state index in [0.29, 0.717) is 6.04 Å². The smallest absolute Gasteiger partial charge is 0.142 e. The van der Waals surface area contributed by atoms with Crippen molar-refractivity contribution in [1.82, 2.24) is 5.32 Å². The monoisotopic (exact) mass is 276 g/mol. The zero-order valence-electron chi connectivity index (χ0n) is 13.5. The lowest BCUT2D eigenvalue weighted by Crippen LogP contribution is -2.46. The third-order valence-corrected chi connectivity index (χ3v) is 4.12. The second-order valence-corrected chi connectivity index (χ2v) is 6.85. The first kappa shape index (κ1) is 15.2. The Hall–Kier alpha value is -1.22. The number of nitrogens with one attached hydrogen (secondary N) is 1. The highest BCUT2D eigenvalue weighted by molar-refractivity contribution is 5.60. The van der Waals surface area contributed by atoms with Crippen molar-refractivity contribution >= 4 is 5.69 Å². The fraction of sp³-hybridized carbons (Fsp3) is 0.647. The van der Waals surface area contributed by atoms with E-state index in [9.17, 15) is 0 Å². The summed E-state index contributed by atoms with van der Waals surface area (Å²) in [5.74, 6) is 0.977. The van der Waals surface area contributed by atoms with E-state index < -0.39 is 0 Å². The minimum absolute atomic E-state index is 0.264. The number of hydrogen-bond donors (Lipinski definition) is 1. The average Bonchev–Trinajstić information content (AvgIpc) is 2.64. The van der Waals surface area contributed by atoms with Crippen LogP contribution >= 0.6 is 0 Å². The predicted molar refractivity (Wildman–Crippen MR) is 85.8 cm³/mol. The van der Waals surface area contributed by atoms with Gasteiger partial charge in [0, 0.05) is 19.1 Å². The van der Waals surface area contributed by atoms with Gasteiger partial charge in [-0.3, -0.25) is 0 Å². The van der Waals surface area contributed by atoms with Crippen molar-refractivity contribution in [3.05, 3.63) is 23.8 Å². The summed E-state index contributed by atoms with van der Waals surface area (Å²) in [6, 6.07) is 6.92. The summed E-state index contributed by atoms with van der Waals surface area (Å²) in [5, 5.41) is 3.69. The number of methoxy groups -OCH3 is 1. The van der Waals surface area contributed by atoms with Gasteiger partial charge in [0.25, 0.3) is 0 Å². The third kappa shape index (κ3) is 3.45. The van der Waals surface area contributed by atoms with Crippen molar-refractivity contribution in [2.24, 2.45) is 5.41 Å². The lowest BCUT2D eigenvalue weighted by atomic mass is 9.86. The van der Waals surface area contributed by atoms with Crippen LogP contribution in [-0.2, 0) is 0 Å². The van der Waals surface area contributed by atoms with E-state index in [1.54, 1.807) is 7.11 Å². The number of rotatable bonds is 2. The average molecular weight is 276 g/mol. The predicted octanol–water partition coefficient (Wildman–Crippen LogP) is 3.22. The maximum absolute atomic E-state index is 5.55. The lowest BCUT2D eigenvalue weighted by Gasteiger charge is -2.35. The second-order valence-electron chi connectivity index (χ2n) is 6.85. The molecule has 2 rings (SSSR count). The molecule has 0 radical (unpaired) electrons. The van der Waals surface area contributed by atoms with Gasteiger partial charge < -0.3 is 15.0 Å². The molecule has 1 fully saturated rings. The number of anilines is 1. The molecule has 3 heteroatoms. The third-order valence-electron chi connectivity index (χ3n) is 4.12. The molecule has 0 amide bonds. The molecule has 1 aromatic carbocycles. The van der Waals surface area contributed by atoms with Crippen molar-refractivity contribution in [3.63, 3.8) is 0 Å². The van der Waals surface area contributed by atoms with Crippen molar-refractivity contribution in [3.8, 4) is 5.75 Å². The van der Waals surface area contributed by atoms with Crippen molar-refractivity contribution < 1.29 is 4.74 Å². The number of aryl methyl sites for hydroxylation is 1. The molecular formula is C17H28N2O. The molecule has 1 atom stereocenters. The van der Waals surface area contributed by atoms with Crippen LogP contribution in [0.4, 0.5) is 5.69 Å². The van der Waals surface area contributed by atoms with Crippen LogP contribution in [-0.4, -0.2) is 32.8 Å². The van der Waals surface area contributed by atoms with Gasteiger partial charge >= 0.3 is 0 Å². The largest absolute Gasteiger partial charge is 0.495 e. The molecule has 112 valence electrons. The van der Waals surface area contributed by atoms with E-state index in [4.69, 9.17) is 4.74 Å². The maximum Gasteiger partial charge on any atom is 0.142 e. The van der Waals surface area contributed by atoms with Crippen LogP contribution in [0.15, 0.2) is 18.2 Å². The molecule has 3 nitrogen and oxygen atoms in total. The molecule has 0 aromatic heterocycles. The van der Waals surface area contributed by atoms with E-state index in [1.165, 1.54) is 17.7 Å². The van der Waals surface area contributed by atoms with E-state index in [-0.39, 0.29) is 5.41 Å². The SMILES string of the molecule is COc1ccc(C)cc1N1CCCNC(C(C)(C)C)C1. The first-order chi connectivity index (χ1) is 9.41. The lowest BCUT2D eigenvalue weighted by molar-refractivity contribution is 0.280. The molecule has 1 heterocycles. The zero-order chi connectivity index (χ0) is 14.8. The zero-order valence-corrected chi connectivity index (χ0v) is 13.5. The first-order valence-electron chi connectivity index (χ1n) is 7.55. The van der Waals surface area contributed by atoms with Crippen LogP contribution in [0.2, 0.25) is 0 Å². The van der Waals surface area contributed by atoms with Gasteiger partial charge in [-0.1, -0.05) is 26.8 Å². The van der Waals surface area contributed by atoms with Crippen LogP contribution in [0.25, 0.3) is 0 Å². The standard InChI is InChI=1S/C17H28N2O/c1-13-7-8-15(20-5)14(11-13)19-10-6-9-18-16(12-19)17(2,3)4/h7-8,11,16,18H,6,9-10,12H2,1-5H3. The Morgan fingerprint density at radius 2 is 2.05 bits per heavy atom. The molecule has 1 aliphatic rings. The van der Waals surface area contributed by atoms with Gasteiger partial charge in [0.15, 0.2) is 0 Å². The van der Waals surface area contributed by atoms with Crippen LogP contribution < -0.4 is 15.0 Å². The molecule has 0 saturated carbocycles. The first-order valence-corrected chi connectivity index (χ1v) is 7.55. The minimum atomic E-state index is 0.264. The fourth-order valence-corrected chi connectivity index (χ4v) is 2.77. The Morgan fingerprint density at radius 3 is 2.70 bits per heavy atom. The van der Waals surface area contributed by atoms with Gasteiger partial charge in [0.05, 0.1) is 12.8 Å². The summed E-state index contributed by atoms with van der Waals surface area (Å²) < 4.78 is 5.55. The van der Waals surface area contributed by atoms with E-state index in [2.05, 4.69) is 56.1 Å². The molecule has 1 N–H and O–H groups in total. The summed E-state index contributed by atoms with van der Waals surface area (Å²) in [4.78, 5) is 2.47. The van der Waals surface area contributed by atoms with Crippen LogP contribution in [0, 0.1) is 12.3 Å². The van der Waals surface area contributed by atoms with Crippen LogP contribution in [0.1, 0.15) is 32.8 Å². The minimum Gasteiger partial charge on any atom is -0.495 e.